The summed E-state index contributed by atoms with van der Waals surface area (Å²) in [4.78, 5) is 0.313. The summed E-state index contributed by atoms with van der Waals surface area (Å²) in [7, 11) is -3.53. The molecule has 0 fully saturated rings. The van der Waals surface area contributed by atoms with E-state index in [2.05, 4.69) is 31.9 Å². The fourth-order valence-corrected chi connectivity index (χ4v) is 5.02. The number of hydrogen-bond acceptors (Lipinski definition) is 2. The predicted octanol–water partition coefficient (Wildman–Crippen LogP) is 4.35. The Morgan fingerprint density at radius 1 is 1.05 bits per heavy atom. The number of anilines is 1. The number of benzene rings is 2. The van der Waals surface area contributed by atoms with Crippen LogP contribution in [0.1, 0.15) is 12.5 Å². The summed E-state index contributed by atoms with van der Waals surface area (Å²) < 4.78 is 29.2. The lowest BCUT2D eigenvalue weighted by atomic mass is 10.1. The van der Waals surface area contributed by atoms with Gasteiger partial charge in [0.15, 0.2) is 0 Å². The standard InChI is InChI=1S/C15H13Br2NO2S/c1-10-8-11-9-13(17)4-7-15(11)18(10)21(19,20)14-5-2-12(16)3-6-14/h2-7,9-10H,8H2,1H3/t10-/m1/s1. The molecule has 3 nitrogen and oxygen atoms in total. The molecule has 0 unspecified atom stereocenters. The zero-order valence-corrected chi connectivity index (χ0v) is 15.2. The molecule has 0 N–H and O–H groups in total. The third kappa shape index (κ3) is 2.64. The molecule has 21 heavy (non-hydrogen) atoms. The van der Waals surface area contributed by atoms with Gasteiger partial charge in [0.2, 0.25) is 0 Å². The second-order valence-corrected chi connectivity index (χ2v) is 8.73. The summed E-state index contributed by atoms with van der Waals surface area (Å²) in [5, 5.41) is 0. The lowest BCUT2D eigenvalue weighted by Gasteiger charge is -2.24. The SMILES string of the molecule is C[C@@H]1Cc2cc(Br)ccc2N1S(=O)(=O)c1ccc(Br)cc1. The van der Waals surface area contributed by atoms with Crippen molar-refractivity contribution in [2.75, 3.05) is 4.31 Å². The highest BCUT2D eigenvalue weighted by molar-refractivity contribution is 9.10. The Labute approximate surface area is 141 Å². The van der Waals surface area contributed by atoms with Gasteiger partial charge in [-0.15, -0.1) is 0 Å². The van der Waals surface area contributed by atoms with E-state index in [1.54, 1.807) is 24.3 Å². The Balaban J connectivity index is 2.10. The lowest BCUT2D eigenvalue weighted by molar-refractivity contribution is 0.584. The number of halogens is 2. The first kappa shape index (κ1) is 15.1. The van der Waals surface area contributed by atoms with Gasteiger partial charge >= 0.3 is 0 Å². The van der Waals surface area contributed by atoms with E-state index < -0.39 is 10.0 Å². The third-order valence-electron chi connectivity index (χ3n) is 3.57. The molecule has 0 saturated carbocycles. The molecule has 6 heteroatoms. The average Bonchev–Trinajstić information content (AvgIpc) is 2.74. The number of rotatable bonds is 2. The molecule has 0 amide bonds. The molecule has 2 aromatic rings. The van der Waals surface area contributed by atoms with Crippen molar-refractivity contribution in [1.82, 2.24) is 0 Å². The molecule has 1 atom stereocenters. The molecule has 0 radical (unpaired) electrons. The molecule has 1 aliphatic heterocycles. The van der Waals surface area contributed by atoms with Gasteiger partial charge in [-0.1, -0.05) is 31.9 Å². The minimum Gasteiger partial charge on any atom is -0.263 e. The van der Waals surface area contributed by atoms with Gasteiger partial charge in [0, 0.05) is 15.0 Å². The maximum atomic E-state index is 12.9. The van der Waals surface area contributed by atoms with Gasteiger partial charge in [-0.25, -0.2) is 8.42 Å². The Morgan fingerprint density at radius 3 is 2.33 bits per heavy atom. The monoisotopic (exact) mass is 429 g/mol. The largest absolute Gasteiger partial charge is 0.264 e. The fraction of sp³-hybridized carbons (Fsp3) is 0.200. The first-order valence-electron chi connectivity index (χ1n) is 6.48. The Morgan fingerprint density at radius 2 is 1.67 bits per heavy atom. The maximum absolute atomic E-state index is 12.9. The number of hydrogen-bond donors (Lipinski definition) is 0. The first-order valence-corrected chi connectivity index (χ1v) is 9.50. The summed E-state index contributed by atoms with van der Waals surface area (Å²) in [6.07, 6.45) is 0.727. The van der Waals surface area contributed by atoms with Crippen LogP contribution in [-0.4, -0.2) is 14.5 Å². The van der Waals surface area contributed by atoms with Crippen LogP contribution in [0.15, 0.2) is 56.3 Å². The molecule has 3 rings (SSSR count). The van der Waals surface area contributed by atoms with E-state index in [-0.39, 0.29) is 6.04 Å². The van der Waals surface area contributed by atoms with Crippen LogP contribution in [0, 0.1) is 0 Å². The summed E-state index contributed by atoms with van der Waals surface area (Å²) in [5.41, 5.74) is 1.83. The van der Waals surface area contributed by atoms with Gasteiger partial charge in [0.1, 0.15) is 0 Å². The second kappa shape index (κ2) is 5.41. The van der Waals surface area contributed by atoms with E-state index in [1.807, 2.05) is 25.1 Å². The van der Waals surface area contributed by atoms with Crippen molar-refractivity contribution in [3.05, 3.63) is 57.0 Å². The molecular formula is C15H13Br2NO2S. The molecule has 1 heterocycles. The van der Waals surface area contributed by atoms with Crippen molar-refractivity contribution in [2.24, 2.45) is 0 Å². The molecule has 0 bridgehead atoms. The number of sulfonamides is 1. The van der Waals surface area contributed by atoms with Crippen molar-refractivity contribution in [3.8, 4) is 0 Å². The van der Waals surface area contributed by atoms with Crippen LogP contribution in [-0.2, 0) is 16.4 Å². The molecular weight excluding hydrogens is 418 g/mol. The summed E-state index contributed by atoms with van der Waals surface area (Å²) >= 11 is 6.76. The van der Waals surface area contributed by atoms with Crippen molar-refractivity contribution < 1.29 is 8.42 Å². The average molecular weight is 431 g/mol. The minimum atomic E-state index is -3.53. The Bertz CT molecular complexity index is 788. The zero-order valence-electron chi connectivity index (χ0n) is 11.3. The summed E-state index contributed by atoms with van der Waals surface area (Å²) in [6.45, 7) is 1.93. The van der Waals surface area contributed by atoms with Crippen molar-refractivity contribution in [2.45, 2.75) is 24.3 Å². The smallest absolute Gasteiger partial charge is 0.263 e. The van der Waals surface area contributed by atoms with Crippen molar-refractivity contribution >= 4 is 47.6 Å². The van der Waals surface area contributed by atoms with Crippen LogP contribution < -0.4 is 4.31 Å². The minimum absolute atomic E-state index is 0.0806. The predicted molar refractivity (Wildman–Crippen MR) is 91.1 cm³/mol. The summed E-state index contributed by atoms with van der Waals surface area (Å²) in [5.74, 6) is 0. The van der Waals surface area contributed by atoms with Gasteiger partial charge in [-0.2, -0.15) is 0 Å². The Kier molecular flexibility index (Phi) is 3.88. The third-order valence-corrected chi connectivity index (χ3v) is 6.53. The normalized spacial score (nSPS) is 17.9. The molecule has 0 aromatic heterocycles. The van der Waals surface area contributed by atoms with Gasteiger partial charge in [-0.3, -0.25) is 4.31 Å². The van der Waals surface area contributed by atoms with Crippen LogP contribution >= 0.6 is 31.9 Å². The summed E-state index contributed by atoms with van der Waals surface area (Å²) in [6, 6.07) is 12.4. The molecule has 0 spiro atoms. The highest BCUT2D eigenvalue weighted by Crippen LogP contribution is 2.38. The fourth-order valence-electron chi connectivity index (χ4n) is 2.66. The molecule has 2 aromatic carbocycles. The van der Waals surface area contributed by atoms with Crippen molar-refractivity contribution in [3.63, 3.8) is 0 Å². The van der Waals surface area contributed by atoms with Crippen LogP contribution in [0.4, 0.5) is 5.69 Å². The topological polar surface area (TPSA) is 37.4 Å². The molecule has 0 aliphatic carbocycles. The van der Waals surface area contributed by atoms with Gasteiger partial charge in [-0.05, 0) is 61.4 Å². The van der Waals surface area contributed by atoms with Gasteiger partial charge in [0.25, 0.3) is 10.0 Å². The van der Waals surface area contributed by atoms with E-state index in [0.717, 1.165) is 26.6 Å². The first-order chi connectivity index (χ1) is 9.89. The number of nitrogens with zero attached hydrogens (tertiary/aromatic N) is 1. The Hall–Kier alpha value is -0.850. The van der Waals surface area contributed by atoms with Crippen LogP contribution in [0.2, 0.25) is 0 Å². The molecule has 110 valence electrons. The lowest BCUT2D eigenvalue weighted by Crippen LogP contribution is -2.35. The van der Waals surface area contributed by atoms with E-state index in [9.17, 15) is 8.42 Å². The van der Waals surface area contributed by atoms with E-state index in [4.69, 9.17) is 0 Å². The maximum Gasteiger partial charge on any atom is 0.264 e. The van der Waals surface area contributed by atoms with Crippen LogP contribution in [0.3, 0.4) is 0 Å². The van der Waals surface area contributed by atoms with E-state index in [1.165, 1.54) is 4.31 Å². The highest BCUT2D eigenvalue weighted by Gasteiger charge is 2.35. The van der Waals surface area contributed by atoms with Crippen LogP contribution in [0.5, 0.6) is 0 Å². The number of fused-ring (bicyclic) bond motifs is 1. The molecule has 0 saturated heterocycles. The van der Waals surface area contributed by atoms with E-state index >= 15 is 0 Å². The van der Waals surface area contributed by atoms with E-state index in [0.29, 0.717) is 4.90 Å². The second-order valence-electron chi connectivity index (χ2n) is 5.08. The van der Waals surface area contributed by atoms with Crippen molar-refractivity contribution in [1.29, 1.82) is 0 Å². The van der Waals surface area contributed by atoms with Gasteiger partial charge < -0.3 is 0 Å². The van der Waals surface area contributed by atoms with Crippen LogP contribution in [0.25, 0.3) is 0 Å². The zero-order chi connectivity index (χ0) is 15.2. The highest BCUT2D eigenvalue weighted by atomic mass is 79.9. The van der Waals surface area contributed by atoms with Gasteiger partial charge in [0.05, 0.1) is 10.6 Å². The molecule has 1 aliphatic rings. The quantitative estimate of drug-likeness (QED) is 0.710.